The summed E-state index contributed by atoms with van der Waals surface area (Å²) in [4.78, 5) is 0. The van der Waals surface area contributed by atoms with Gasteiger partial charge in [-0.3, -0.25) is 0 Å². The van der Waals surface area contributed by atoms with Crippen LogP contribution < -0.4 is 4.74 Å². The SMILES string of the molecule is Cc1ccc(C)c(COc2ccc(C)cc2[C@@H](C)O)c1. The largest absolute Gasteiger partial charge is 0.489 e. The van der Waals surface area contributed by atoms with Crippen LogP contribution in [0.25, 0.3) is 0 Å². The Morgan fingerprint density at radius 1 is 1.00 bits per heavy atom. The number of aliphatic hydroxyl groups is 1. The van der Waals surface area contributed by atoms with Crippen molar-refractivity contribution in [2.24, 2.45) is 0 Å². The normalized spacial score (nSPS) is 12.2. The average Bonchev–Trinajstić information content (AvgIpc) is 2.40. The van der Waals surface area contributed by atoms with Gasteiger partial charge < -0.3 is 9.84 Å². The molecular formula is C18H22O2. The lowest BCUT2D eigenvalue weighted by atomic mass is 10.1. The molecular weight excluding hydrogens is 248 g/mol. The van der Waals surface area contributed by atoms with E-state index in [4.69, 9.17) is 4.74 Å². The molecule has 20 heavy (non-hydrogen) atoms. The van der Waals surface area contributed by atoms with Crippen molar-refractivity contribution in [3.8, 4) is 5.75 Å². The number of ether oxygens (including phenoxy) is 1. The highest BCUT2D eigenvalue weighted by atomic mass is 16.5. The molecule has 0 aromatic heterocycles. The van der Waals surface area contributed by atoms with E-state index in [1.54, 1.807) is 6.92 Å². The zero-order valence-electron chi connectivity index (χ0n) is 12.6. The predicted octanol–water partition coefficient (Wildman–Crippen LogP) is 4.24. The first-order valence-electron chi connectivity index (χ1n) is 6.95. The second-order valence-corrected chi connectivity index (χ2v) is 5.44. The van der Waals surface area contributed by atoms with Gasteiger partial charge in [-0.25, -0.2) is 0 Å². The molecule has 0 saturated heterocycles. The molecule has 2 aromatic rings. The maximum atomic E-state index is 9.84. The fourth-order valence-corrected chi connectivity index (χ4v) is 2.24. The van der Waals surface area contributed by atoms with Crippen molar-refractivity contribution in [2.45, 2.75) is 40.4 Å². The van der Waals surface area contributed by atoms with E-state index in [9.17, 15) is 5.11 Å². The van der Waals surface area contributed by atoms with Crippen molar-refractivity contribution in [2.75, 3.05) is 0 Å². The lowest BCUT2D eigenvalue weighted by Gasteiger charge is -2.15. The van der Waals surface area contributed by atoms with Crippen molar-refractivity contribution in [3.05, 3.63) is 64.2 Å². The monoisotopic (exact) mass is 270 g/mol. The first-order valence-corrected chi connectivity index (χ1v) is 6.95. The van der Waals surface area contributed by atoms with E-state index in [1.165, 1.54) is 16.7 Å². The highest BCUT2D eigenvalue weighted by molar-refractivity contribution is 5.39. The van der Waals surface area contributed by atoms with E-state index in [1.807, 2.05) is 25.1 Å². The molecule has 2 heteroatoms. The Balaban J connectivity index is 2.20. The zero-order chi connectivity index (χ0) is 14.7. The van der Waals surface area contributed by atoms with Crippen LogP contribution in [0.4, 0.5) is 0 Å². The molecule has 1 atom stereocenters. The number of rotatable bonds is 4. The second-order valence-electron chi connectivity index (χ2n) is 5.44. The Bertz CT molecular complexity index is 600. The molecule has 0 saturated carbocycles. The van der Waals surface area contributed by atoms with Crippen molar-refractivity contribution in [1.29, 1.82) is 0 Å². The Hall–Kier alpha value is -1.80. The van der Waals surface area contributed by atoms with Crippen LogP contribution in [0.15, 0.2) is 36.4 Å². The molecule has 0 aliphatic rings. The van der Waals surface area contributed by atoms with Gasteiger partial charge in [-0.1, -0.05) is 35.4 Å². The van der Waals surface area contributed by atoms with Gasteiger partial charge >= 0.3 is 0 Å². The third-order valence-electron chi connectivity index (χ3n) is 3.50. The van der Waals surface area contributed by atoms with Crippen molar-refractivity contribution in [1.82, 2.24) is 0 Å². The Morgan fingerprint density at radius 3 is 2.35 bits per heavy atom. The van der Waals surface area contributed by atoms with Crippen LogP contribution >= 0.6 is 0 Å². The average molecular weight is 270 g/mol. The summed E-state index contributed by atoms with van der Waals surface area (Å²) in [6.45, 7) is 8.47. The van der Waals surface area contributed by atoms with Crippen molar-refractivity contribution in [3.63, 3.8) is 0 Å². The van der Waals surface area contributed by atoms with E-state index in [0.717, 1.165) is 16.9 Å². The molecule has 2 aromatic carbocycles. The van der Waals surface area contributed by atoms with Gasteiger partial charge in [0, 0.05) is 5.56 Å². The Labute approximate surface area is 121 Å². The topological polar surface area (TPSA) is 29.5 Å². The molecule has 0 fully saturated rings. The smallest absolute Gasteiger partial charge is 0.125 e. The summed E-state index contributed by atoms with van der Waals surface area (Å²) in [5.74, 6) is 0.756. The molecule has 0 bridgehead atoms. The molecule has 0 aliphatic carbocycles. The van der Waals surface area contributed by atoms with E-state index in [-0.39, 0.29) is 0 Å². The maximum absolute atomic E-state index is 9.84. The Morgan fingerprint density at radius 2 is 1.65 bits per heavy atom. The molecule has 0 aliphatic heterocycles. The number of hydrogen-bond donors (Lipinski definition) is 1. The number of benzene rings is 2. The molecule has 0 unspecified atom stereocenters. The summed E-state index contributed by atoms with van der Waals surface area (Å²) in [6.07, 6.45) is -0.525. The second kappa shape index (κ2) is 6.10. The van der Waals surface area contributed by atoms with Gasteiger partial charge in [0.05, 0.1) is 6.10 Å². The fourth-order valence-electron chi connectivity index (χ4n) is 2.24. The summed E-state index contributed by atoms with van der Waals surface area (Å²) >= 11 is 0. The third kappa shape index (κ3) is 3.40. The molecule has 0 heterocycles. The van der Waals surface area contributed by atoms with Crippen molar-refractivity contribution < 1.29 is 9.84 Å². The number of hydrogen-bond acceptors (Lipinski definition) is 2. The third-order valence-corrected chi connectivity index (χ3v) is 3.50. The first-order chi connectivity index (χ1) is 9.47. The Kier molecular flexibility index (Phi) is 4.46. The molecule has 1 N–H and O–H groups in total. The number of aryl methyl sites for hydroxylation is 3. The molecule has 106 valence electrons. The highest BCUT2D eigenvalue weighted by Gasteiger charge is 2.10. The van der Waals surface area contributed by atoms with Crippen LogP contribution in [0.2, 0.25) is 0 Å². The summed E-state index contributed by atoms with van der Waals surface area (Å²) in [5, 5.41) is 9.84. The minimum atomic E-state index is -0.525. The van der Waals surface area contributed by atoms with Gasteiger partial charge in [-0.05, 0) is 51.0 Å². The minimum absolute atomic E-state index is 0.524. The standard InChI is InChI=1S/C18H22O2/c1-12-5-7-14(3)16(9-12)11-20-18-8-6-13(2)10-17(18)15(4)19/h5-10,15,19H,11H2,1-4H3/t15-/m1/s1. The molecule has 2 nitrogen and oxygen atoms in total. The quantitative estimate of drug-likeness (QED) is 0.900. The molecule has 0 radical (unpaired) electrons. The summed E-state index contributed by atoms with van der Waals surface area (Å²) < 4.78 is 5.92. The highest BCUT2D eigenvalue weighted by Crippen LogP contribution is 2.27. The van der Waals surface area contributed by atoms with Gasteiger partial charge in [0.25, 0.3) is 0 Å². The zero-order valence-corrected chi connectivity index (χ0v) is 12.6. The minimum Gasteiger partial charge on any atom is -0.489 e. The van der Waals surface area contributed by atoms with Crippen molar-refractivity contribution >= 4 is 0 Å². The summed E-state index contributed by atoms with van der Waals surface area (Å²) in [5.41, 5.74) is 5.60. The van der Waals surface area contributed by atoms with Crippen LogP contribution in [0.3, 0.4) is 0 Å². The first kappa shape index (κ1) is 14.6. The summed E-state index contributed by atoms with van der Waals surface area (Å²) in [7, 11) is 0. The lowest BCUT2D eigenvalue weighted by Crippen LogP contribution is -2.03. The summed E-state index contributed by atoms with van der Waals surface area (Å²) in [6, 6.07) is 12.3. The molecule has 2 rings (SSSR count). The van der Waals surface area contributed by atoms with Crippen LogP contribution in [0.5, 0.6) is 5.75 Å². The van der Waals surface area contributed by atoms with E-state index < -0.39 is 6.10 Å². The predicted molar refractivity (Wildman–Crippen MR) is 82.1 cm³/mol. The van der Waals surface area contributed by atoms with Gasteiger partial charge in [-0.2, -0.15) is 0 Å². The van der Waals surface area contributed by atoms with Gasteiger partial charge in [-0.15, -0.1) is 0 Å². The lowest BCUT2D eigenvalue weighted by molar-refractivity contribution is 0.190. The fraction of sp³-hybridized carbons (Fsp3) is 0.333. The van der Waals surface area contributed by atoms with Crippen LogP contribution in [-0.2, 0) is 6.61 Å². The molecule has 0 spiro atoms. The van der Waals surface area contributed by atoms with Crippen LogP contribution in [-0.4, -0.2) is 5.11 Å². The van der Waals surface area contributed by atoms with Gasteiger partial charge in [0.2, 0.25) is 0 Å². The van der Waals surface area contributed by atoms with E-state index >= 15 is 0 Å². The van der Waals surface area contributed by atoms with E-state index in [2.05, 4.69) is 32.0 Å². The maximum Gasteiger partial charge on any atom is 0.125 e. The van der Waals surface area contributed by atoms with E-state index in [0.29, 0.717) is 6.61 Å². The number of aliphatic hydroxyl groups excluding tert-OH is 1. The van der Waals surface area contributed by atoms with Gasteiger partial charge in [0.1, 0.15) is 12.4 Å². The molecule has 0 amide bonds. The van der Waals surface area contributed by atoms with Crippen LogP contribution in [0.1, 0.15) is 40.8 Å². The van der Waals surface area contributed by atoms with Gasteiger partial charge in [0.15, 0.2) is 0 Å². The van der Waals surface area contributed by atoms with Crippen LogP contribution in [0, 0.1) is 20.8 Å².